The number of rotatable bonds is 4. The van der Waals surface area contributed by atoms with Crippen LogP contribution in [-0.2, 0) is 0 Å². The first-order valence-corrected chi connectivity index (χ1v) is 7.90. The van der Waals surface area contributed by atoms with Gasteiger partial charge in [0.2, 0.25) is 0 Å². The molecule has 1 aromatic rings. The van der Waals surface area contributed by atoms with Crippen LogP contribution in [0.25, 0.3) is 0 Å². The Morgan fingerprint density at radius 3 is 2.45 bits per heavy atom. The Labute approximate surface area is 123 Å². The van der Waals surface area contributed by atoms with Gasteiger partial charge in [0, 0.05) is 31.1 Å². The SMILES string of the molecule is CCNc1nc(C(C)C)nc(N2CCC(C)CC2)c1C. The maximum absolute atomic E-state index is 4.84. The molecule has 1 saturated heterocycles. The third-order valence-electron chi connectivity index (χ3n) is 4.08. The lowest BCUT2D eigenvalue weighted by atomic mass is 9.99. The van der Waals surface area contributed by atoms with Crippen LogP contribution in [0.3, 0.4) is 0 Å². The lowest BCUT2D eigenvalue weighted by molar-refractivity contribution is 0.435. The van der Waals surface area contributed by atoms with E-state index in [1.54, 1.807) is 0 Å². The predicted octanol–water partition coefficient (Wildman–Crippen LogP) is 3.58. The van der Waals surface area contributed by atoms with Gasteiger partial charge < -0.3 is 10.2 Å². The van der Waals surface area contributed by atoms with Crippen LogP contribution in [-0.4, -0.2) is 29.6 Å². The normalized spacial score (nSPS) is 16.8. The molecule has 0 aromatic carbocycles. The molecule has 20 heavy (non-hydrogen) atoms. The highest BCUT2D eigenvalue weighted by Crippen LogP contribution is 2.29. The average molecular weight is 276 g/mol. The van der Waals surface area contributed by atoms with Gasteiger partial charge in [0.15, 0.2) is 0 Å². The summed E-state index contributed by atoms with van der Waals surface area (Å²) < 4.78 is 0. The molecule has 1 aliphatic rings. The number of hydrogen-bond donors (Lipinski definition) is 1. The minimum absolute atomic E-state index is 0.357. The van der Waals surface area contributed by atoms with Crippen molar-refractivity contribution in [2.75, 3.05) is 29.9 Å². The quantitative estimate of drug-likeness (QED) is 0.912. The van der Waals surface area contributed by atoms with E-state index in [4.69, 9.17) is 4.98 Å². The lowest BCUT2D eigenvalue weighted by Gasteiger charge is -2.33. The van der Waals surface area contributed by atoms with Crippen molar-refractivity contribution in [2.45, 2.75) is 53.4 Å². The van der Waals surface area contributed by atoms with Crippen LogP contribution in [0.4, 0.5) is 11.6 Å². The second-order valence-electron chi connectivity index (χ2n) is 6.23. The zero-order chi connectivity index (χ0) is 14.7. The van der Waals surface area contributed by atoms with Crippen LogP contribution in [0.5, 0.6) is 0 Å². The van der Waals surface area contributed by atoms with Crippen molar-refractivity contribution in [3.8, 4) is 0 Å². The van der Waals surface area contributed by atoms with Crippen LogP contribution in [0.2, 0.25) is 0 Å². The molecule has 0 unspecified atom stereocenters. The molecule has 1 fully saturated rings. The van der Waals surface area contributed by atoms with Gasteiger partial charge in [-0.2, -0.15) is 0 Å². The second kappa shape index (κ2) is 6.42. The van der Waals surface area contributed by atoms with E-state index in [0.29, 0.717) is 5.92 Å². The predicted molar refractivity (Wildman–Crippen MR) is 85.6 cm³/mol. The van der Waals surface area contributed by atoms with Crippen LogP contribution in [0.1, 0.15) is 57.8 Å². The van der Waals surface area contributed by atoms with Crippen molar-refractivity contribution < 1.29 is 0 Å². The van der Waals surface area contributed by atoms with E-state index in [1.165, 1.54) is 18.4 Å². The van der Waals surface area contributed by atoms with Crippen molar-refractivity contribution >= 4 is 11.6 Å². The molecule has 0 amide bonds. The fourth-order valence-electron chi connectivity index (χ4n) is 2.65. The molecule has 0 radical (unpaired) electrons. The summed E-state index contributed by atoms with van der Waals surface area (Å²) in [5, 5.41) is 3.38. The summed E-state index contributed by atoms with van der Waals surface area (Å²) in [5.74, 6) is 4.27. The highest BCUT2D eigenvalue weighted by atomic mass is 15.2. The molecule has 0 aliphatic carbocycles. The highest BCUT2D eigenvalue weighted by molar-refractivity contribution is 5.59. The van der Waals surface area contributed by atoms with E-state index >= 15 is 0 Å². The van der Waals surface area contributed by atoms with E-state index in [2.05, 4.69) is 49.8 Å². The molecule has 112 valence electrons. The van der Waals surface area contributed by atoms with Crippen LogP contribution < -0.4 is 10.2 Å². The van der Waals surface area contributed by atoms with Crippen LogP contribution in [0.15, 0.2) is 0 Å². The molecule has 4 nitrogen and oxygen atoms in total. The molecule has 0 saturated carbocycles. The molecule has 1 aliphatic heterocycles. The molecular weight excluding hydrogens is 248 g/mol. The van der Waals surface area contributed by atoms with Gasteiger partial charge >= 0.3 is 0 Å². The van der Waals surface area contributed by atoms with Gasteiger partial charge in [-0.05, 0) is 32.6 Å². The number of hydrogen-bond acceptors (Lipinski definition) is 4. The molecule has 1 aromatic heterocycles. The van der Waals surface area contributed by atoms with E-state index in [1.807, 2.05) is 0 Å². The van der Waals surface area contributed by atoms with Gasteiger partial charge in [-0.1, -0.05) is 20.8 Å². The van der Waals surface area contributed by atoms with Crippen LogP contribution in [0, 0.1) is 12.8 Å². The lowest BCUT2D eigenvalue weighted by Crippen LogP contribution is -2.34. The summed E-state index contributed by atoms with van der Waals surface area (Å²) in [7, 11) is 0. The number of nitrogens with zero attached hydrogens (tertiary/aromatic N) is 3. The molecule has 2 heterocycles. The first-order valence-electron chi connectivity index (χ1n) is 7.90. The minimum atomic E-state index is 0.357. The first-order chi connectivity index (χ1) is 9.52. The molecule has 0 atom stereocenters. The molecule has 0 bridgehead atoms. The van der Waals surface area contributed by atoms with Crippen molar-refractivity contribution in [3.63, 3.8) is 0 Å². The highest BCUT2D eigenvalue weighted by Gasteiger charge is 2.21. The Hall–Kier alpha value is -1.32. The Morgan fingerprint density at radius 1 is 1.25 bits per heavy atom. The Bertz CT molecular complexity index is 448. The third-order valence-corrected chi connectivity index (χ3v) is 4.08. The number of nitrogens with one attached hydrogen (secondary N) is 1. The molecule has 0 spiro atoms. The van der Waals surface area contributed by atoms with Gasteiger partial charge in [-0.3, -0.25) is 0 Å². The van der Waals surface area contributed by atoms with Crippen LogP contribution >= 0.6 is 0 Å². The van der Waals surface area contributed by atoms with Gasteiger partial charge in [0.25, 0.3) is 0 Å². The second-order valence-corrected chi connectivity index (χ2v) is 6.23. The molecule has 1 N–H and O–H groups in total. The van der Waals surface area contributed by atoms with Crippen molar-refractivity contribution in [3.05, 3.63) is 11.4 Å². The summed E-state index contributed by atoms with van der Waals surface area (Å²) in [6.45, 7) is 14.0. The summed E-state index contributed by atoms with van der Waals surface area (Å²) in [5.41, 5.74) is 1.19. The van der Waals surface area contributed by atoms with E-state index in [-0.39, 0.29) is 0 Å². The van der Waals surface area contributed by atoms with Crippen molar-refractivity contribution in [2.24, 2.45) is 5.92 Å². The third kappa shape index (κ3) is 3.22. The number of aromatic nitrogens is 2. The average Bonchev–Trinajstić information content (AvgIpc) is 2.42. The topological polar surface area (TPSA) is 41.1 Å². The minimum Gasteiger partial charge on any atom is -0.370 e. The maximum Gasteiger partial charge on any atom is 0.137 e. The Kier molecular flexibility index (Phi) is 4.84. The van der Waals surface area contributed by atoms with Crippen molar-refractivity contribution in [1.82, 2.24) is 9.97 Å². The molecule has 4 heteroatoms. The monoisotopic (exact) mass is 276 g/mol. The van der Waals surface area contributed by atoms with Gasteiger partial charge in [-0.25, -0.2) is 9.97 Å². The summed E-state index contributed by atoms with van der Waals surface area (Å²) in [6, 6.07) is 0. The first kappa shape index (κ1) is 15.1. The zero-order valence-electron chi connectivity index (χ0n) is 13.5. The fourth-order valence-corrected chi connectivity index (χ4v) is 2.65. The van der Waals surface area contributed by atoms with E-state index in [9.17, 15) is 0 Å². The maximum atomic E-state index is 4.84. The molecule has 2 rings (SSSR count). The number of anilines is 2. The summed E-state index contributed by atoms with van der Waals surface area (Å²) >= 11 is 0. The zero-order valence-corrected chi connectivity index (χ0v) is 13.5. The Morgan fingerprint density at radius 2 is 1.90 bits per heavy atom. The van der Waals surface area contributed by atoms with Gasteiger partial charge in [0.05, 0.1) is 0 Å². The van der Waals surface area contributed by atoms with E-state index < -0.39 is 0 Å². The standard InChI is InChI=1S/C16H28N4/c1-6-17-15-13(5)16(19-14(18-15)11(2)3)20-9-7-12(4)8-10-20/h11-12H,6-10H2,1-5H3,(H,17,18,19). The molecular formula is C16H28N4. The van der Waals surface area contributed by atoms with Crippen molar-refractivity contribution in [1.29, 1.82) is 0 Å². The summed E-state index contributed by atoms with van der Waals surface area (Å²) in [6.07, 6.45) is 2.52. The van der Waals surface area contributed by atoms with Gasteiger partial charge in [-0.15, -0.1) is 0 Å². The number of piperidine rings is 1. The Balaban J connectivity index is 2.34. The summed E-state index contributed by atoms with van der Waals surface area (Å²) in [4.78, 5) is 12.0. The largest absolute Gasteiger partial charge is 0.370 e. The van der Waals surface area contributed by atoms with E-state index in [0.717, 1.165) is 43.0 Å². The van der Waals surface area contributed by atoms with Gasteiger partial charge in [0.1, 0.15) is 17.5 Å². The fraction of sp³-hybridized carbons (Fsp3) is 0.750. The smallest absolute Gasteiger partial charge is 0.137 e.